The van der Waals surface area contributed by atoms with E-state index in [1.807, 2.05) is 43.3 Å². The lowest BCUT2D eigenvalue weighted by atomic mass is 10.2. The summed E-state index contributed by atoms with van der Waals surface area (Å²) >= 11 is 0. The Morgan fingerprint density at radius 3 is 2.61 bits per heavy atom. The van der Waals surface area contributed by atoms with E-state index in [0.717, 1.165) is 11.1 Å². The van der Waals surface area contributed by atoms with Crippen molar-refractivity contribution in [1.82, 2.24) is 0 Å². The van der Waals surface area contributed by atoms with Crippen molar-refractivity contribution < 1.29 is 9.84 Å². The van der Waals surface area contributed by atoms with Crippen LogP contribution in [0.4, 0.5) is 0 Å². The third-order valence-electron chi connectivity index (χ3n) is 2.56. The van der Waals surface area contributed by atoms with Crippen LogP contribution in [-0.2, 0) is 0 Å². The summed E-state index contributed by atoms with van der Waals surface area (Å²) in [6, 6.07) is 15.0. The first kappa shape index (κ1) is 12.1. The largest absolute Gasteiger partial charge is 0.508 e. The van der Waals surface area contributed by atoms with Crippen LogP contribution in [0.1, 0.15) is 11.1 Å². The molecule has 2 aromatic rings. The van der Waals surface area contributed by atoms with Crippen molar-refractivity contribution in [2.75, 3.05) is 6.61 Å². The maximum Gasteiger partial charge on any atom is 0.149 e. The Morgan fingerprint density at radius 2 is 1.83 bits per heavy atom. The predicted molar refractivity (Wildman–Crippen MR) is 71.7 cm³/mol. The first-order valence-corrected chi connectivity index (χ1v) is 5.72. The van der Waals surface area contributed by atoms with Gasteiger partial charge in [0.25, 0.3) is 0 Å². The predicted octanol–water partition coefficient (Wildman–Crippen LogP) is 3.13. The summed E-state index contributed by atoms with van der Waals surface area (Å²) in [6.45, 7) is 2.12. The number of rotatable bonds is 2. The fraction of sp³-hybridized carbons (Fsp3) is 0.125. The monoisotopic (exact) mass is 238 g/mol. The van der Waals surface area contributed by atoms with Crippen molar-refractivity contribution in [3.63, 3.8) is 0 Å². The molecule has 0 spiro atoms. The van der Waals surface area contributed by atoms with Crippen molar-refractivity contribution in [2.24, 2.45) is 0 Å². The number of benzene rings is 2. The molecule has 0 bridgehead atoms. The molecule has 0 atom stereocenters. The molecule has 0 amide bonds. The summed E-state index contributed by atoms with van der Waals surface area (Å²) in [5.74, 6) is 6.86. The van der Waals surface area contributed by atoms with E-state index in [1.54, 1.807) is 12.1 Å². The van der Waals surface area contributed by atoms with E-state index in [1.165, 1.54) is 0 Å². The molecule has 2 rings (SSSR count). The summed E-state index contributed by atoms with van der Waals surface area (Å²) in [7, 11) is 0. The molecular weight excluding hydrogens is 224 g/mol. The van der Waals surface area contributed by atoms with Crippen LogP contribution in [-0.4, -0.2) is 11.7 Å². The van der Waals surface area contributed by atoms with Crippen LogP contribution in [0.2, 0.25) is 0 Å². The lowest BCUT2D eigenvalue weighted by Crippen LogP contribution is -1.96. The van der Waals surface area contributed by atoms with Crippen molar-refractivity contribution >= 4 is 0 Å². The third-order valence-corrected chi connectivity index (χ3v) is 2.56. The molecule has 2 nitrogen and oxygen atoms in total. The average Bonchev–Trinajstić information content (AvgIpc) is 2.40. The molecule has 0 aliphatic heterocycles. The van der Waals surface area contributed by atoms with Crippen LogP contribution >= 0.6 is 0 Å². The number of ether oxygens (including phenoxy) is 1. The summed E-state index contributed by atoms with van der Waals surface area (Å²) < 4.78 is 5.51. The van der Waals surface area contributed by atoms with Crippen molar-refractivity contribution in [2.45, 2.75) is 6.92 Å². The van der Waals surface area contributed by atoms with Gasteiger partial charge in [0.15, 0.2) is 0 Å². The zero-order chi connectivity index (χ0) is 12.8. The number of hydrogen-bond donors (Lipinski definition) is 1. The molecule has 0 fully saturated rings. The zero-order valence-corrected chi connectivity index (χ0v) is 10.2. The lowest BCUT2D eigenvalue weighted by Gasteiger charge is -2.06. The van der Waals surface area contributed by atoms with Gasteiger partial charge in [-0.2, -0.15) is 0 Å². The van der Waals surface area contributed by atoms with Gasteiger partial charge in [0, 0.05) is 11.1 Å². The second-order valence-electron chi connectivity index (χ2n) is 3.86. The molecule has 0 saturated heterocycles. The van der Waals surface area contributed by atoms with Crippen LogP contribution < -0.4 is 4.74 Å². The Morgan fingerprint density at radius 1 is 1.06 bits per heavy atom. The van der Waals surface area contributed by atoms with E-state index in [9.17, 15) is 5.11 Å². The van der Waals surface area contributed by atoms with Crippen LogP contribution in [0.25, 0.3) is 0 Å². The average molecular weight is 238 g/mol. The minimum atomic E-state index is 0.239. The van der Waals surface area contributed by atoms with E-state index >= 15 is 0 Å². The molecule has 0 heterocycles. The molecule has 0 saturated carbocycles. The maximum atomic E-state index is 9.52. The Hall–Kier alpha value is -2.40. The van der Waals surface area contributed by atoms with E-state index < -0.39 is 0 Å². The fourth-order valence-electron chi connectivity index (χ4n) is 1.53. The maximum absolute atomic E-state index is 9.52. The SMILES string of the molecule is Cc1c(O)cccc1OCC#Cc1ccccc1. The first-order chi connectivity index (χ1) is 8.77. The summed E-state index contributed by atoms with van der Waals surface area (Å²) in [6.07, 6.45) is 0. The first-order valence-electron chi connectivity index (χ1n) is 5.72. The molecular formula is C16H14O2. The van der Waals surface area contributed by atoms with Crippen molar-refractivity contribution in [3.8, 4) is 23.3 Å². The highest BCUT2D eigenvalue weighted by Crippen LogP contribution is 2.25. The fourth-order valence-corrected chi connectivity index (χ4v) is 1.53. The number of hydrogen-bond acceptors (Lipinski definition) is 2. The lowest BCUT2D eigenvalue weighted by molar-refractivity contribution is 0.363. The zero-order valence-electron chi connectivity index (χ0n) is 10.2. The Balaban J connectivity index is 1.97. The van der Waals surface area contributed by atoms with Crippen molar-refractivity contribution in [3.05, 3.63) is 59.7 Å². The highest BCUT2D eigenvalue weighted by molar-refractivity contribution is 5.42. The molecule has 90 valence electrons. The van der Waals surface area contributed by atoms with Crippen molar-refractivity contribution in [1.29, 1.82) is 0 Å². The summed E-state index contributed by atoms with van der Waals surface area (Å²) in [5.41, 5.74) is 1.70. The molecule has 2 heteroatoms. The van der Waals surface area contributed by atoms with E-state index in [0.29, 0.717) is 12.4 Å². The van der Waals surface area contributed by atoms with E-state index in [-0.39, 0.29) is 5.75 Å². The highest BCUT2D eigenvalue weighted by atomic mass is 16.5. The van der Waals surface area contributed by atoms with Gasteiger partial charge in [-0.05, 0) is 31.2 Å². The van der Waals surface area contributed by atoms with Gasteiger partial charge in [0.2, 0.25) is 0 Å². The molecule has 1 N–H and O–H groups in total. The summed E-state index contributed by atoms with van der Waals surface area (Å²) in [5, 5.41) is 9.52. The van der Waals surface area contributed by atoms with Gasteiger partial charge in [-0.25, -0.2) is 0 Å². The quantitative estimate of drug-likeness (QED) is 0.814. The Bertz CT molecular complexity index is 577. The Kier molecular flexibility index (Phi) is 3.88. The second kappa shape index (κ2) is 5.79. The number of aromatic hydroxyl groups is 1. The molecule has 0 aliphatic rings. The Labute approximate surface area is 107 Å². The number of phenols is 1. The van der Waals surface area contributed by atoms with E-state index in [4.69, 9.17) is 4.74 Å². The van der Waals surface area contributed by atoms with Gasteiger partial charge in [0.1, 0.15) is 18.1 Å². The molecule has 18 heavy (non-hydrogen) atoms. The highest BCUT2D eigenvalue weighted by Gasteiger charge is 2.01. The van der Waals surface area contributed by atoms with Gasteiger partial charge in [0.05, 0.1) is 0 Å². The molecule has 0 radical (unpaired) electrons. The van der Waals surface area contributed by atoms with Gasteiger partial charge in [-0.1, -0.05) is 36.1 Å². The molecule has 0 aliphatic carbocycles. The van der Waals surface area contributed by atoms with E-state index in [2.05, 4.69) is 11.8 Å². The third kappa shape index (κ3) is 3.05. The van der Waals surface area contributed by atoms with Gasteiger partial charge in [-0.3, -0.25) is 0 Å². The van der Waals surface area contributed by atoms with Gasteiger partial charge < -0.3 is 9.84 Å². The van der Waals surface area contributed by atoms with Gasteiger partial charge in [-0.15, -0.1) is 0 Å². The van der Waals surface area contributed by atoms with Crippen LogP contribution in [0.5, 0.6) is 11.5 Å². The minimum Gasteiger partial charge on any atom is -0.508 e. The van der Waals surface area contributed by atoms with Crippen LogP contribution in [0, 0.1) is 18.8 Å². The van der Waals surface area contributed by atoms with Crippen LogP contribution in [0.3, 0.4) is 0 Å². The topological polar surface area (TPSA) is 29.5 Å². The van der Waals surface area contributed by atoms with Gasteiger partial charge >= 0.3 is 0 Å². The summed E-state index contributed by atoms with van der Waals surface area (Å²) in [4.78, 5) is 0. The minimum absolute atomic E-state index is 0.239. The molecule has 0 unspecified atom stereocenters. The van der Waals surface area contributed by atoms with Crippen LogP contribution in [0.15, 0.2) is 48.5 Å². The number of phenolic OH excluding ortho intramolecular Hbond substituents is 1. The molecule has 0 aromatic heterocycles. The second-order valence-corrected chi connectivity index (χ2v) is 3.86. The smallest absolute Gasteiger partial charge is 0.149 e. The normalized spacial score (nSPS) is 9.39. The molecule has 2 aromatic carbocycles. The standard InChI is InChI=1S/C16H14O2/c1-13-15(17)10-5-11-16(13)18-12-6-9-14-7-3-2-4-8-14/h2-5,7-8,10-11,17H,12H2,1H3.